The molecule has 0 aliphatic carbocycles. The lowest BCUT2D eigenvalue weighted by Crippen LogP contribution is -2.31. The van der Waals surface area contributed by atoms with Gasteiger partial charge in [0.25, 0.3) is 0 Å². The number of rotatable bonds is 8. The lowest BCUT2D eigenvalue weighted by molar-refractivity contribution is 0.0702. The Morgan fingerprint density at radius 3 is 2.65 bits per heavy atom. The second-order valence-electron chi connectivity index (χ2n) is 3.77. The molecule has 0 aliphatic rings. The van der Waals surface area contributed by atoms with Gasteiger partial charge in [0.1, 0.15) is 4.88 Å². The van der Waals surface area contributed by atoms with Gasteiger partial charge in [-0.1, -0.05) is 13.8 Å². The van der Waals surface area contributed by atoms with E-state index in [1.54, 1.807) is 6.07 Å². The maximum atomic E-state index is 10.7. The Kier molecular flexibility index (Phi) is 6.18. The summed E-state index contributed by atoms with van der Waals surface area (Å²) in [7, 11) is 0. The molecule has 0 aliphatic heterocycles. The summed E-state index contributed by atoms with van der Waals surface area (Å²) < 4.78 is 0. The van der Waals surface area contributed by atoms with Gasteiger partial charge < -0.3 is 15.3 Å². The summed E-state index contributed by atoms with van der Waals surface area (Å²) in [5.74, 6) is -0.843. The molecule has 0 radical (unpaired) electrons. The molecule has 5 heteroatoms. The van der Waals surface area contributed by atoms with Gasteiger partial charge in [0.15, 0.2) is 0 Å². The van der Waals surface area contributed by atoms with Gasteiger partial charge in [-0.15, -0.1) is 11.3 Å². The molecular formula is C12H20N2O2S. The average molecular weight is 256 g/mol. The summed E-state index contributed by atoms with van der Waals surface area (Å²) in [6.07, 6.45) is 0. The summed E-state index contributed by atoms with van der Waals surface area (Å²) in [5.41, 5.74) is 0. The minimum Gasteiger partial charge on any atom is -0.477 e. The van der Waals surface area contributed by atoms with Gasteiger partial charge in [0.2, 0.25) is 0 Å². The Balaban J connectivity index is 2.24. The normalized spacial score (nSPS) is 11.0. The van der Waals surface area contributed by atoms with E-state index in [9.17, 15) is 4.79 Å². The molecule has 1 heterocycles. The Morgan fingerprint density at radius 2 is 2.12 bits per heavy atom. The average Bonchev–Trinajstić information content (AvgIpc) is 2.78. The summed E-state index contributed by atoms with van der Waals surface area (Å²) in [6, 6.07) is 3.53. The third kappa shape index (κ3) is 4.85. The highest BCUT2D eigenvalue weighted by Gasteiger charge is 2.06. The molecule has 4 nitrogen and oxygen atoms in total. The van der Waals surface area contributed by atoms with Gasteiger partial charge >= 0.3 is 5.97 Å². The van der Waals surface area contributed by atoms with Crippen molar-refractivity contribution in [3.63, 3.8) is 0 Å². The van der Waals surface area contributed by atoms with E-state index < -0.39 is 5.97 Å². The predicted octanol–water partition coefficient (Wildman–Crippen LogP) is 1.88. The highest BCUT2D eigenvalue weighted by Crippen LogP contribution is 2.15. The lowest BCUT2D eigenvalue weighted by Gasteiger charge is -2.17. The molecule has 96 valence electrons. The van der Waals surface area contributed by atoms with E-state index in [-0.39, 0.29) is 0 Å². The minimum atomic E-state index is -0.843. The van der Waals surface area contributed by atoms with Crippen LogP contribution >= 0.6 is 11.3 Å². The molecule has 0 unspecified atom stereocenters. The molecule has 0 atom stereocenters. The first-order valence-corrected chi connectivity index (χ1v) is 6.74. The lowest BCUT2D eigenvalue weighted by atomic mass is 10.4. The first-order valence-electron chi connectivity index (χ1n) is 5.92. The fraction of sp³-hybridized carbons (Fsp3) is 0.583. The molecule has 0 spiro atoms. The van der Waals surface area contributed by atoms with E-state index in [1.807, 2.05) is 6.07 Å². The number of nitrogens with zero attached hydrogens (tertiary/aromatic N) is 1. The van der Waals surface area contributed by atoms with Gasteiger partial charge in [-0.3, -0.25) is 0 Å². The number of aromatic carboxylic acids is 1. The van der Waals surface area contributed by atoms with Crippen LogP contribution in [0.3, 0.4) is 0 Å². The van der Waals surface area contributed by atoms with Crippen LogP contribution in [0.25, 0.3) is 0 Å². The van der Waals surface area contributed by atoms with Crippen LogP contribution in [0.15, 0.2) is 12.1 Å². The van der Waals surface area contributed by atoms with Crippen molar-refractivity contribution in [3.05, 3.63) is 21.9 Å². The highest BCUT2D eigenvalue weighted by molar-refractivity contribution is 7.13. The molecule has 1 rings (SSSR count). The molecule has 0 fully saturated rings. The van der Waals surface area contributed by atoms with Gasteiger partial charge in [0, 0.05) is 24.5 Å². The molecule has 0 saturated heterocycles. The zero-order valence-corrected chi connectivity index (χ0v) is 11.2. The number of hydrogen-bond donors (Lipinski definition) is 2. The zero-order valence-electron chi connectivity index (χ0n) is 10.4. The van der Waals surface area contributed by atoms with E-state index in [4.69, 9.17) is 5.11 Å². The van der Waals surface area contributed by atoms with Gasteiger partial charge in [-0.25, -0.2) is 4.79 Å². The molecule has 0 amide bonds. The number of nitrogens with one attached hydrogen (secondary N) is 1. The van der Waals surface area contributed by atoms with Crippen LogP contribution in [0.2, 0.25) is 0 Å². The van der Waals surface area contributed by atoms with Crippen molar-refractivity contribution in [3.8, 4) is 0 Å². The first-order chi connectivity index (χ1) is 8.17. The molecule has 1 aromatic rings. The second kappa shape index (κ2) is 7.42. The number of likely N-dealkylation sites (N-methyl/N-ethyl adjacent to an activating group) is 1. The minimum absolute atomic E-state index is 0.408. The smallest absolute Gasteiger partial charge is 0.345 e. The van der Waals surface area contributed by atoms with Crippen LogP contribution < -0.4 is 5.32 Å². The van der Waals surface area contributed by atoms with Crippen LogP contribution in [0.1, 0.15) is 28.4 Å². The molecule has 17 heavy (non-hydrogen) atoms. The quantitative estimate of drug-likeness (QED) is 0.697. The molecule has 2 N–H and O–H groups in total. The topological polar surface area (TPSA) is 52.6 Å². The van der Waals surface area contributed by atoms with Gasteiger partial charge in [0.05, 0.1) is 0 Å². The van der Waals surface area contributed by atoms with E-state index in [0.717, 1.165) is 37.6 Å². The third-order valence-electron chi connectivity index (χ3n) is 2.67. The van der Waals surface area contributed by atoms with E-state index in [0.29, 0.717) is 4.88 Å². The van der Waals surface area contributed by atoms with E-state index in [1.165, 1.54) is 11.3 Å². The van der Waals surface area contributed by atoms with Crippen molar-refractivity contribution in [2.75, 3.05) is 26.2 Å². The second-order valence-corrected chi connectivity index (χ2v) is 4.94. The third-order valence-corrected chi connectivity index (χ3v) is 3.74. The number of carboxylic acids is 1. The highest BCUT2D eigenvalue weighted by atomic mass is 32.1. The maximum absolute atomic E-state index is 10.7. The van der Waals surface area contributed by atoms with Crippen molar-refractivity contribution in [1.82, 2.24) is 10.2 Å². The van der Waals surface area contributed by atoms with Crippen molar-refractivity contribution in [2.24, 2.45) is 0 Å². The Morgan fingerprint density at radius 1 is 1.41 bits per heavy atom. The van der Waals surface area contributed by atoms with E-state index in [2.05, 4.69) is 24.1 Å². The van der Waals surface area contributed by atoms with Crippen molar-refractivity contribution < 1.29 is 9.90 Å². The monoisotopic (exact) mass is 256 g/mol. The molecule has 1 aromatic heterocycles. The summed E-state index contributed by atoms with van der Waals surface area (Å²) in [5, 5.41) is 12.1. The number of carbonyl (C=O) groups is 1. The van der Waals surface area contributed by atoms with Crippen LogP contribution in [-0.2, 0) is 6.54 Å². The molecule has 0 aromatic carbocycles. The van der Waals surface area contributed by atoms with Gasteiger partial charge in [-0.2, -0.15) is 0 Å². The summed E-state index contributed by atoms with van der Waals surface area (Å²) >= 11 is 1.34. The summed E-state index contributed by atoms with van der Waals surface area (Å²) in [4.78, 5) is 14.5. The standard InChI is InChI=1S/C12H20N2O2S/c1-3-14(4-2)8-7-13-9-10-5-6-11(17-10)12(15)16/h5-6,13H,3-4,7-9H2,1-2H3,(H,15,16). The Hall–Kier alpha value is -0.910. The molecule has 0 bridgehead atoms. The number of carboxylic acid groups (broad SMARTS) is 1. The predicted molar refractivity (Wildman–Crippen MR) is 70.8 cm³/mol. The van der Waals surface area contributed by atoms with Crippen molar-refractivity contribution >= 4 is 17.3 Å². The Bertz CT molecular complexity index is 348. The molecular weight excluding hydrogens is 236 g/mol. The maximum Gasteiger partial charge on any atom is 0.345 e. The number of thiophene rings is 1. The largest absolute Gasteiger partial charge is 0.477 e. The molecule has 0 saturated carbocycles. The van der Waals surface area contributed by atoms with Crippen LogP contribution in [0, 0.1) is 0 Å². The van der Waals surface area contributed by atoms with Crippen molar-refractivity contribution in [1.29, 1.82) is 0 Å². The fourth-order valence-electron chi connectivity index (χ4n) is 1.58. The SMILES string of the molecule is CCN(CC)CCNCc1ccc(C(=O)O)s1. The van der Waals surface area contributed by atoms with Crippen molar-refractivity contribution in [2.45, 2.75) is 20.4 Å². The zero-order chi connectivity index (χ0) is 12.7. The van der Waals surface area contributed by atoms with E-state index >= 15 is 0 Å². The Labute approximate surface area is 106 Å². The van der Waals surface area contributed by atoms with Crippen LogP contribution in [0.4, 0.5) is 0 Å². The fourth-order valence-corrected chi connectivity index (χ4v) is 2.39. The number of hydrogen-bond acceptors (Lipinski definition) is 4. The van der Waals surface area contributed by atoms with Gasteiger partial charge in [-0.05, 0) is 25.2 Å². The van der Waals surface area contributed by atoms with Crippen LogP contribution in [0.5, 0.6) is 0 Å². The first kappa shape index (κ1) is 14.2. The summed E-state index contributed by atoms with van der Waals surface area (Å²) in [6.45, 7) is 9.16. The van der Waals surface area contributed by atoms with Crippen LogP contribution in [-0.4, -0.2) is 42.2 Å².